The molecule has 1 amide bonds. The summed E-state index contributed by atoms with van der Waals surface area (Å²) in [6.07, 6.45) is -0.237. The van der Waals surface area contributed by atoms with Gasteiger partial charge in [0.1, 0.15) is 16.9 Å². The van der Waals surface area contributed by atoms with Crippen molar-refractivity contribution in [2.45, 2.75) is 58.1 Å². The van der Waals surface area contributed by atoms with E-state index >= 15 is 0 Å². The average molecular weight is 271 g/mol. The van der Waals surface area contributed by atoms with Crippen molar-refractivity contribution in [2.75, 3.05) is 6.61 Å². The normalized spacial score (nSPS) is 23.1. The third kappa shape index (κ3) is 4.22. The molecule has 0 heterocycles. The number of carbonyl (C=O) groups excluding carboxylic acids is 3. The fourth-order valence-electron chi connectivity index (χ4n) is 1.97. The molecule has 6 nitrogen and oxygen atoms in total. The maximum absolute atomic E-state index is 12.0. The number of amides is 1. The van der Waals surface area contributed by atoms with E-state index in [9.17, 15) is 14.4 Å². The Balaban J connectivity index is 2.79. The van der Waals surface area contributed by atoms with Crippen molar-refractivity contribution in [3.05, 3.63) is 0 Å². The van der Waals surface area contributed by atoms with Crippen molar-refractivity contribution in [3.63, 3.8) is 0 Å². The fraction of sp³-hybridized carbons (Fsp3) is 0.769. The van der Waals surface area contributed by atoms with Crippen LogP contribution in [-0.2, 0) is 19.1 Å². The van der Waals surface area contributed by atoms with Crippen molar-refractivity contribution in [3.8, 4) is 0 Å². The van der Waals surface area contributed by atoms with E-state index in [4.69, 9.17) is 9.47 Å². The van der Waals surface area contributed by atoms with Gasteiger partial charge in [0.2, 0.25) is 0 Å². The average Bonchev–Trinajstić information content (AvgIpc) is 2.58. The number of rotatable bonds is 3. The highest BCUT2D eigenvalue weighted by Crippen LogP contribution is 2.29. The molecule has 19 heavy (non-hydrogen) atoms. The number of nitrogens with one attached hydrogen (secondary N) is 1. The molecule has 0 saturated heterocycles. The van der Waals surface area contributed by atoms with Crippen LogP contribution in [0.25, 0.3) is 0 Å². The zero-order valence-corrected chi connectivity index (χ0v) is 11.9. The number of esters is 1. The second kappa shape index (κ2) is 5.59. The van der Waals surface area contributed by atoms with Crippen LogP contribution in [0.2, 0.25) is 0 Å². The molecule has 0 aromatic heterocycles. The SMILES string of the molecule is CCOC(=O)C1(NC(=O)OC(C)(C)C)CCC(=O)C1. The molecule has 1 unspecified atom stereocenters. The molecule has 6 heteroatoms. The molecule has 1 saturated carbocycles. The highest BCUT2D eigenvalue weighted by Gasteiger charge is 2.48. The molecule has 108 valence electrons. The summed E-state index contributed by atoms with van der Waals surface area (Å²) in [4.78, 5) is 35.2. The van der Waals surface area contributed by atoms with Crippen LogP contribution in [0.5, 0.6) is 0 Å². The number of carbonyl (C=O) groups is 3. The van der Waals surface area contributed by atoms with E-state index in [0.717, 1.165) is 0 Å². The Morgan fingerprint density at radius 1 is 1.37 bits per heavy atom. The Labute approximate surface area is 112 Å². The van der Waals surface area contributed by atoms with Crippen LogP contribution in [-0.4, -0.2) is 35.6 Å². The Morgan fingerprint density at radius 2 is 2.00 bits per heavy atom. The molecule has 0 bridgehead atoms. The van der Waals surface area contributed by atoms with Gasteiger partial charge in [-0.2, -0.15) is 0 Å². The lowest BCUT2D eigenvalue weighted by Crippen LogP contribution is -2.54. The van der Waals surface area contributed by atoms with E-state index in [1.165, 1.54) is 0 Å². The monoisotopic (exact) mass is 271 g/mol. The van der Waals surface area contributed by atoms with E-state index < -0.39 is 23.2 Å². The molecule has 0 radical (unpaired) electrons. The van der Waals surface area contributed by atoms with Gasteiger partial charge in [0.15, 0.2) is 0 Å². The van der Waals surface area contributed by atoms with Crippen LogP contribution < -0.4 is 5.32 Å². The van der Waals surface area contributed by atoms with Crippen LogP contribution in [0.3, 0.4) is 0 Å². The standard InChI is InChI=1S/C13H21NO5/c1-5-18-10(16)13(7-6-9(15)8-13)14-11(17)19-12(2,3)4/h5-8H2,1-4H3,(H,14,17). The van der Waals surface area contributed by atoms with Crippen LogP contribution in [0, 0.1) is 0 Å². The molecule has 0 aromatic rings. The number of ether oxygens (including phenoxy) is 2. The lowest BCUT2D eigenvalue weighted by Gasteiger charge is -2.28. The molecule has 0 spiro atoms. The summed E-state index contributed by atoms with van der Waals surface area (Å²) < 4.78 is 10.1. The van der Waals surface area contributed by atoms with E-state index in [2.05, 4.69) is 5.32 Å². The predicted octanol–water partition coefficient (Wildman–Crippen LogP) is 1.57. The first-order valence-corrected chi connectivity index (χ1v) is 6.38. The summed E-state index contributed by atoms with van der Waals surface area (Å²) in [6.45, 7) is 7.05. The maximum atomic E-state index is 12.0. The van der Waals surface area contributed by atoms with E-state index in [0.29, 0.717) is 0 Å². The Hall–Kier alpha value is -1.59. The van der Waals surface area contributed by atoms with Crippen LogP contribution in [0.4, 0.5) is 4.79 Å². The minimum Gasteiger partial charge on any atom is -0.464 e. The molecule has 1 aliphatic rings. The first-order chi connectivity index (χ1) is 8.68. The van der Waals surface area contributed by atoms with Gasteiger partial charge < -0.3 is 14.8 Å². The predicted molar refractivity (Wildman–Crippen MR) is 67.6 cm³/mol. The van der Waals surface area contributed by atoms with Crippen LogP contribution in [0.15, 0.2) is 0 Å². The summed E-state index contributed by atoms with van der Waals surface area (Å²) in [6, 6.07) is 0. The summed E-state index contributed by atoms with van der Waals surface area (Å²) in [7, 11) is 0. The second-order valence-electron chi connectivity index (χ2n) is 5.64. The van der Waals surface area contributed by atoms with Crippen LogP contribution >= 0.6 is 0 Å². The van der Waals surface area contributed by atoms with Gasteiger partial charge in [-0.25, -0.2) is 9.59 Å². The molecule has 0 aromatic carbocycles. The smallest absolute Gasteiger partial charge is 0.408 e. The van der Waals surface area contributed by atoms with E-state index in [1.807, 2.05) is 0 Å². The van der Waals surface area contributed by atoms with Gasteiger partial charge in [-0.3, -0.25) is 4.79 Å². The summed E-state index contributed by atoms with van der Waals surface area (Å²) in [5.74, 6) is -0.643. The van der Waals surface area contributed by atoms with Gasteiger partial charge in [0.25, 0.3) is 0 Å². The quantitative estimate of drug-likeness (QED) is 0.788. The third-order valence-electron chi connectivity index (χ3n) is 2.74. The third-order valence-corrected chi connectivity index (χ3v) is 2.74. The van der Waals surface area contributed by atoms with Crippen molar-refractivity contribution in [2.24, 2.45) is 0 Å². The van der Waals surface area contributed by atoms with Crippen molar-refractivity contribution in [1.82, 2.24) is 5.32 Å². The van der Waals surface area contributed by atoms with Crippen molar-refractivity contribution in [1.29, 1.82) is 0 Å². The molecule has 0 aliphatic heterocycles. The summed E-state index contributed by atoms with van der Waals surface area (Å²) >= 11 is 0. The molecule has 1 fully saturated rings. The number of alkyl carbamates (subject to hydrolysis) is 1. The molecular formula is C13H21NO5. The maximum Gasteiger partial charge on any atom is 0.408 e. The zero-order valence-electron chi connectivity index (χ0n) is 11.9. The van der Waals surface area contributed by atoms with Gasteiger partial charge in [-0.1, -0.05) is 0 Å². The summed E-state index contributed by atoms with van der Waals surface area (Å²) in [5.41, 5.74) is -1.93. The van der Waals surface area contributed by atoms with Crippen LogP contribution in [0.1, 0.15) is 47.0 Å². The lowest BCUT2D eigenvalue weighted by atomic mass is 9.98. The molecule has 1 N–H and O–H groups in total. The van der Waals surface area contributed by atoms with Gasteiger partial charge in [-0.05, 0) is 34.1 Å². The topological polar surface area (TPSA) is 81.7 Å². The fourth-order valence-corrected chi connectivity index (χ4v) is 1.97. The van der Waals surface area contributed by atoms with Crippen molar-refractivity contribution < 1.29 is 23.9 Å². The number of hydrogen-bond acceptors (Lipinski definition) is 5. The Morgan fingerprint density at radius 3 is 2.42 bits per heavy atom. The second-order valence-corrected chi connectivity index (χ2v) is 5.64. The number of Topliss-reactive ketones (excluding diaryl/α,β-unsaturated/α-hetero) is 1. The zero-order chi connectivity index (χ0) is 14.7. The highest BCUT2D eigenvalue weighted by molar-refractivity contribution is 5.96. The minimum atomic E-state index is -1.27. The Kier molecular flexibility index (Phi) is 4.55. The first-order valence-electron chi connectivity index (χ1n) is 6.38. The highest BCUT2D eigenvalue weighted by atomic mass is 16.6. The van der Waals surface area contributed by atoms with Gasteiger partial charge in [0, 0.05) is 12.8 Å². The van der Waals surface area contributed by atoms with Crippen molar-refractivity contribution >= 4 is 17.8 Å². The summed E-state index contributed by atoms with van der Waals surface area (Å²) in [5, 5.41) is 2.51. The lowest BCUT2D eigenvalue weighted by molar-refractivity contribution is -0.151. The molecule has 1 aliphatic carbocycles. The van der Waals surface area contributed by atoms with Gasteiger partial charge in [0.05, 0.1) is 6.61 Å². The molecule has 1 atom stereocenters. The van der Waals surface area contributed by atoms with Gasteiger partial charge in [-0.15, -0.1) is 0 Å². The first kappa shape index (κ1) is 15.5. The van der Waals surface area contributed by atoms with E-state index in [-0.39, 0.29) is 31.7 Å². The minimum absolute atomic E-state index is 0.0366. The largest absolute Gasteiger partial charge is 0.464 e. The number of ketones is 1. The van der Waals surface area contributed by atoms with E-state index in [1.54, 1.807) is 27.7 Å². The number of hydrogen-bond donors (Lipinski definition) is 1. The molecule has 1 rings (SSSR count). The Bertz CT molecular complexity index is 385. The van der Waals surface area contributed by atoms with Gasteiger partial charge >= 0.3 is 12.1 Å². The molecular weight excluding hydrogens is 250 g/mol.